The van der Waals surface area contributed by atoms with Gasteiger partial charge in [0.25, 0.3) is 0 Å². The van der Waals surface area contributed by atoms with Crippen molar-refractivity contribution in [3.8, 4) is 0 Å². The van der Waals surface area contributed by atoms with E-state index in [1.807, 2.05) is 6.92 Å². The molecule has 0 heterocycles. The fraction of sp³-hybridized carbons (Fsp3) is 0.833. The third-order valence-corrected chi connectivity index (χ3v) is 1.10. The Labute approximate surface area is 55.8 Å². The summed E-state index contributed by atoms with van der Waals surface area (Å²) in [4.78, 5) is 12.2. The minimum atomic E-state index is 0.0623. The Balaban J connectivity index is 3.50. The summed E-state index contributed by atoms with van der Waals surface area (Å²) >= 11 is 0. The van der Waals surface area contributed by atoms with E-state index in [9.17, 15) is 4.79 Å². The molecule has 1 amide bonds. The average molecular weight is 130 g/mol. The van der Waals surface area contributed by atoms with Gasteiger partial charge in [0.15, 0.2) is 0 Å². The summed E-state index contributed by atoms with van der Waals surface area (Å²) in [6, 6.07) is 0.0684. The smallest absolute Gasteiger partial charge is 0.219 e. The van der Waals surface area contributed by atoms with E-state index in [0.717, 1.165) is 0 Å². The Morgan fingerprint density at radius 3 is 2.33 bits per heavy atom. The molecule has 0 aromatic heterocycles. The summed E-state index contributed by atoms with van der Waals surface area (Å²) in [6.45, 7) is 4.04. The van der Waals surface area contributed by atoms with Crippen LogP contribution in [0.15, 0.2) is 0 Å². The Morgan fingerprint density at radius 2 is 2.22 bits per heavy atom. The van der Waals surface area contributed by atoms with Crippen molar-refractivity contribution in [2.24, 2.45) is 5.73 Å². The molecular formula is C6H14N2O. The molecule has 0 aromatic carbocycles. The Morgan fingerprint density at radius 1 is 1.78 bits per heavy atom. The Kier molecular flexibility index (Phi) is 3.24. The van der Waals surface area contributed by atoms with Crippen LogP contribution in [0, 0.1) is 0 Å². The highest BCUT2D eigenvalue weighted by Crippen LogP contribution is 1.84. The molecule has 0 bridgehead atoms. The van der Waals surface area contributed by atoms with Gasteiger partial charge in [0, 0.05) is 26.6 Å². The lowest BCUT2D eigenvalue weighted by Crippen LogP contribution is -2.35. The molecule has 0 aromatic rings. The van der Waals surface area contributed by atoms with Crippen molar-refractivity contribution >= 4 is 5.91 Å². The van der Waals surface area contributed by atoms with Crippen LogP contribution in [0.3, 0.4) is 0 Å². The van der Waals surface area contributed by atoms with Crippen molar-refractivity contribution in [2.45, 2.75) is 19.9 Å². The number of amides is 1. The van der Waals surface area contributed by atoms with Gasteiger partial charge in [-0.1, -0.05) is 0 Å². The summed E-state index contributed by atoms with van der Waals surface area (Å²) < 4.78 is 0. The summed E-state index contributed by atoms with van der Waals surface area (Å²) in [5.74, 6) is 0.0623. The normalized spacial score (nSPS) is 12.9. The fourth-order valence-electron chi connectivity index (χ4n) is 0.561. The quantitative estimate of drug-likeness (QED) is 0.563. The standard InChI is InChI=1S/C6H14N2O/c1-5(7)4-8(3)6(2)9/h5H,4,7H2,1-3H3/t5-/m1/s1. The van der Waals surface area contributed by atoms with E-state index in [4.69, 9.17) is 5.73 Å². The number of carbonyl (C=O) groups is 1. The van der Waals surface area contributed by atoms with Gasteiger partial charge in [-0.15, -0.1) is 0 Å². The van der Waals surface area contributed by atoms with Crippen molar-refractivity contribution < 1.29 is 4.79 Å². The molecule has 0 rings (SSSR count). The first-order valence-corrected chi connectivity index (χ1v) is 3.01. The first-order valence-electron chi connectivity index (χ1n) is 3.01. The van der Waals surface area contributed by atoms with Crippen LogP contribution in [0.1, 0.15) is 13.8 Å². The van der Waals surface area contributed by atoms with Crippen molar-refractivity contribution in [3.05, 3.63) is 0 Å². The van der Waals surface area contributed by atoms with Crippen LogP contribution in [0.25, 0.3) is 0 Å². The number of rotatable bonds is 2. The summed E-state index contributed by atoms with van der Waals surface area (Å²) in [6.07, 6.45) is 0. The van der Waals surface area contributed by atoms with E-state index < -0.39 is 0 Å². The molecule has 3 heteroatoms. The monoisotopic (exact) mass is 130 g/mol. The van der Waals surface area contributed by atoms with E-state index in [0.29, 0.717) is 6.54 Å². The number of nitrogens with two attached hydrogens (primary N) is 1. The fourth-order valence-corrected chi connectivity index (χ4v) is 0.561. The van der Waals surface area contributed by atoms with Gasteiger partial charge in [-0.25, -0.2) is 0 Å². The molecule has 54 valence electrons. The molecule has 0 aliphatic rings. The molecule has 9 heavy (non-hydrogen) atoms. The number of carbonyl (C=O) groups excluding carboxylic acids is 1. The predicted molar refractivity (Wildman–Crippen MR) is 37.0 cm³/mol. The van der Waals surface area contributed by atoms with E-state index in [1.54, 1.807) is 11.9 Å². The first-order chi connectivity index (χ1) is 4.04. The number of likely N-dealkylation sites (N-methyl/N-ethyl adjacent to an activating group) is 1. The molecule has 0 aliphatic carbocycles. The molecule has 0 radical (unpaired) electrons. The van der Waals surface area contributed by atoms with Crippen molar-refractivity contribution in [1.82, 2.24) is 4.90 Å². The maximum Gasteiger partial charge on any atom is 0.219 e. The van der Waals surface area contributed by atoms with Crippen LogP contribution < -0.4 is 5.73 Å². The molecule has 0 unspecified atom stereocenters. The average Bonchev–Trinajstić information content (AvgIpc) is 1.63. The zero-order valence-corrected chi connectivity index (χ0v) is 6.22. The molecular weight excluding hydrogens is 116 g/mol. The summed E-state index contributed by atoms with van der Waals surface area (Å²) in [5.41, 5.74) is 5.44. The van der Waals surface area contributed by atoms with Gasteiger partial charge >= 0.3 is 0 Å². The maximum atomic E-state index is 10.5. The molecule has 0 saturated heterocycles. The zero-order chi connectivity index (χ0) is 7.44. The minimum Gasteiger partial charge on any atom is -0.344 e. The summed E-state index contributed by atoms with van der Waals surface area (Å²) in [5, 5.41) is 0. The van der Waals surface area contributed by atoms with Crippen molar-refractivity contribution in [3.63, 3.8) is 0 Å². The van der Waals surface area contributed by atoms with Crippen LogP contribution in [0.2, 0.25) is 0 Å². The second-order valence-electron chi connectivity index (χ2n) is 2.38. The maximum absolute atomic E-state index is 10.5. The van der Waals surface area contributed by atoms with Gasteiger partial charge in [0.05, 0.1) is 0 Å². The van der Waals surface area contributed by atoms with Gasteiger partial charge in [0.1, 0.15) is 0 Å². The van der Waals surface area contributed by atoms with Gasteiger partial charge in [-0.3, -0.25) is 4.79 Å². The van der Waals surface area contributed by atoms with Gasteiger partial charge in [-0.2, -0.15) is 0 Å². The predicted octanol–water partition coefficient (Wildman–Crippen LogP) is -0.188. The topological polar surface area (TPSA) is 46.3 Å². The van der Waals surface area contributed by atoms with E-state index in [-0.39, 0.29) is 11.9 Å². The lowest BCUT2D eigenvalue weighted by atomic mass is 10.3. The lowest BCUT2D eigenvalue weighted by Gasteiger charge is -2.16. The van der Waals surface area contributed by atoms with Gasteiger partial charge in [-0.05, 0) is 6.92 Å². The van der Waals surface area contributed by atoms with E-state index >= 15 is 0 Å². The van der Waals surface area contributed by atoms with Gasteiger partial charge < -0.3 is 10.6 Å². The molecule has 0 saturated carbocycles. The van der Waals surface area contributed by atoms with Gasteiger partial charge in [0.2, 0.25) is 5.91 Å². The van der Waals surface area contributed by atoms with E-state index in [1.165, 1.54) is 6.92 Å². The Bertz CT molecular complexity index is 101. The molecule has 0 fully saturated rings. The highest BCUT2D eigenvalue weighted by Gasteiger charge is 2.02. The molecule has 1 atom stereocenters. The molecule has 0 aliphatic heterocycles. The second-order valence-corrected chi connectivity index (χ2v) is 2.38. The SMILES string of the molecule is CC(=O)N(C)C[C@@H](C)N. The van der Waals surface area contributed by atoms with Crippen molar-refractivity contribution in [1.29, 1.82) is 0 Å². The first kappa shape index (κ1) is 8.43. The van der Waals surface area contributed by atoms with Crippen LogP contribution >= 0.6 is 0 Å². The zero-order valence-electron chi connectivity index (χ0n) is 6.22. The highest BCUT2D eigenvalue weighted by molar-refractivity contribution is 5.72. The lowest BCUT2D eigenvalue weighted by molar-refractivity contribution is -0.127. The third-order valence-electron chi connectivity index (χ3n) is 1.10. The van der Waals surface area contributed by atoms with Crippen LogP contribution in [-0.2, 0) is 4.79 Å². The molecule has 3 nitrogen and oxygen atoms in total. The third kappa shape index (κ3) is 3.97. The largest absolute Gasteiger partial charge is 0.344 e. The highest BCUT2D eigenvalue weighted by atomic mass is 16.2. The number of hydrogen-bond donors (Lipinski definition) is 1. The van der Waals surface area contributed by atoms with Crippen LogP contribution in [0.4, 0.5) is 0 Å². The minimum absolute atomic E-state index is 0.0623. The summed E-state index contributed by atoms with van der Waals surface area (Å²) in [7, 11) is 1.74. The number of nitrogens with zero attached hydrogens (tertiary/aromatic N) is 1. The van der Waals surface area contributed by atoms with Crippen LogP contribution in [0.5, 0.6) is 0 Å². The molecule has 0 spiro atoms. The van der Waals surface area contributed by atoms with Crippen LogP contribution in [-0.4, -0.2) is 30.4 Å². The number of hydrogen-bond acceptors (Lipinski definition) is 2. The second kappa shape index (κ2) is 3.45. The Hall–Kier alpha value is -0.570. The van der Waals surface area contributed by atoms with E-state index in [2.05, 4.69) is 0 Å². The molecule has 2 N–H and O–H groups in total. The van der Waals surface area contributed by atoms with Crippen molar-refractivity contribution in [2.75, 3.05) is 13.6 Å².